The van der Waals surface area contributed by atoms with E-state index in [2.05, 4.69) is 18.0 Å². The fourth-order valence-corrected chi connectivity index (χ4v) is 2.85. The van der Waals surface area contributed by atoms with E-state index >= 15 is 0 Å². The fraction of sp³-hybridized carbons (Fsp3) is 0.100. The van der Waals surface area contributed by atoms with Crippen LogP contribution < -0.4 is 5.56 Å². The lowest BCUT2D eigenvalue weighted by Crippen LogP contribution is -2.20. The zero-order valence-electron chi connectivity index (χ0n) is 13.9. The molecule has 4 aromatic rings. The Morgan fingerprint density at radius 2 is 1.84 bits per heavy atom. The highest BCUT2D eigenvalue weighted by molar-refractivity contribution is 5.63. The molecule has 0 N–H and O–H groups in total. The maximum atomic E-state index is 13.5. The molecule has 2 aromatic heterocycles. The maximum Gasteiger partial charge on any atom is 0.298 e. The molecule has 124 valence electrons. The predicted octanol–water partition coefficient (Wildman–Crippen LogP) is 3.91. The molecule has 0 saturated carbocycles. The van der Waals surface area contributed by atoms with E-state index in [-0.39, 0.29) is 11.4 Å². The van der Waals surface area contributed by atoms with E-state index in [9.17, 15) is 9.18 Å². The normalized spacial score (nSPS) is 11.2. The van der Waals surface area contributed by atoms with Crippen LogP contribution in [0.2, 0.25) is 0 Å². The summed E-state index contributed by atoms with van der Waals surface area (Å²) in [6, 6.07) is 12.0. The number of hydrogen-bond donors (Lipinski definition) is 0. The average molecular weight is 333 g/mol. The summed E-state index contributed by atoms with van der Waals surface area (Å²) in [5.74, 6) is -0.386. The Bertz CT molecular complexity index is 1160. The van der Waals surface area contributed by atoms with Crippen LogP contribution in [0.5, 0.6) is 0 Å². The highest BCUT2D eigenvalue weighted by Crippen LogP contribution is 2.21. The van der Waals surface area contributed by atoms with Gasteiger partial charge in [0.05, 0.1) is 11.4 Å². The van der Waals surface area contributed by atoms with E-state index < -0.39 is 0 Å². The van der Waals surface area contributed by atoms with Gasteiger partial charge in [0, 0.05) is 24.2 Å². The van der Waals surface area contributed by atoms with Crippen LogP contribution in [0.15, 0.2) is 65.8 Å². The molecule has 0 spiro atoms. The van der Waals surface area contributed by atoms with Crippen molar-refractivity contribution in [3.05, 3.63) is 88.4 Å². The topological polar surface area (TPSA) is 39.3 Å². The molecule has 2 heterocycles. The molecule has 0 aliphatic carbocycles. The smallest absolute Gasteiger partial charge is 0.298 e. The molecule has 4 rings (SSSR count). The van der Waals surface area contributed by atoms with E-state index in [0.29, 0.717) is 11.3 Å². The molecule has 0 unspecified atom stereocenters. The zero-order chi connectivity index (χ0) is 17.6. The molecule has 25 heavy (non-hydrogen) atoms. The first-order chi connectivity index (χ1) is 12.0. The molecule has 0 radical (unpaired) electrons. The van der Waals surface area contributed by atoms with Gasteiger partial charge < -0.3 is 4.40 Å². The first kappa shape index (κ1) is 15.3. The summed E-state index contributed by atoms with van der Waals surface area (Å²) in [5.41, 5.74) is 4.57. The van der Waals surface area contributed by atoms with Crippen LogP contribution >= 0.6 is 0 Å². The van der Waals surface area contributed by atoms with Crippen LogP contribution in [-0.4, -0.2) is 14.0 Å². The SMILES string of the molecule is Cc1ccc(-c2cn3ccn(-c4cccc(F)c4)c(=O)c3n2)cc1C. The Balaban J connectivity index is 1.88. The van der Waals surface area contributed by atoms with Crippen LogP contribution in [0.25, 0.3) is 22.6 Å². The third-order valence-corrected chi connectivity index (χ3v) is 4.41. The first-order valence-electron chi connectivity index (χ1n) is 7.97. The van der Waals surface area contributed by atoms with Gasteiger partial charge in [0.25, 0.3) is 5.56 Å². The third-order valence-electron chi connectivity index (χ3n) is 4.41. The lowest BCUT2D eigenvalue weighted by Gasteiger charge is -2.05. The highest BCUT2D eigenvalue weighted by atomic mass is 19.1. The van der Waals surface area contributed by atoms with Crippen LogP contribution in [0.4, 0.5) is 4.39 Å². The van der Waals surface area contributed by atoms with Gasteiger partial charge in [-0.2, -0.15) is 0 Å². The van der Waals surface area contributed by atoms with Crippen LogP contribution in [0, 0.1) is 19.7 Å². The third kappa shape index (κ3) is 2.63. The number of aromatic nitrogens is 3. The fourth-order valence-electron chi connectivity index (χ4n) is 2.85. The van der Waals surface area contributed by atoms with Crippen molar-refractivity contribution in [1.82, 2.24) is 14.0 Å². The van der Waals surface area contributed by atoms with Gasteiger partial charge >= 0.3 is 0 Å². The molecule has 2 aromatic carbocycles. The van der Waals surface area contributed by atoms with Crippen molar-refractivity contribution >= 4 is 5.65 Å². The van der Waals surface area contributed by atoms with Gasteiger partial charge in [-0.1, -0.05) is 18.2 Å². The molecular weight excluding hydrogens is 317 g/mol. The minimum absolute atomic E-state index is 0.289. The number of imidazole rings is 1. The molecule has 0 amide bonds. The summed E-state index contributed by atoms with van der Waals surface area (Å²) in [7, 11) is 0. The summed E-state index contributed by atoms with van der Waals surface area (Å²) in [5, 5.41) is 0. The molecule has 4 nitrogen and oxygen atoms in total. The van der Waals surface area contributed by atoms with Gasteiger partial charge in [0.2, 0.25) is 5.65 Å². The summed E-state index contributed by atoms with van der Waals surface area (Å²) in [4.78, 5) is 17.3. The molecule has 0 saturated heterocycles. The van der Waals surface area contributed by atoms with Crippen LogP contribution in [0.3, 0.4) is 0 Å². The standard InChI is InChI=1S/C20H16FN3O/c1-13-6-7-15(10-14(13)2)18-12-23-8-9-24(20(25)19(23)22-18)17-5-3-4-16(21)11-17/h3-12H,1-2H3. The van der Waals surface area contributed by atoms with Gasteiger partial charge in [0.15, 0.2) is 0 Å². The summed E-state index contributed by atoms with van der Waals surface area (Å²) in [6.07, 6.45) is 5.20. The van der Waals surface area contributed by atoms with Crippen molar-refractivity contribution in [3.63, 3.8) is 0 Å². The Morgan fingerprint density at radius 3 is 2.60 bits per heavy atom. The van der Waals surface area contributed by atoms with Gasteiger partial charge in [-0.25, -0.2) is 9.37 Å². The van der Waals surface area contributed by atoms with Crippen molar-refractivity contribution in [1.29, 1.82) is 0 Å². The number of hydrogen-bond acceptors (Lipinski definition) is 2. The highest BCUT2D eigenvalue weighted by Gasteiger charge is 2.11. The number of nitrogens with zero attached hydrogens (tertiary/aromatic N) is 3. The lowest BCUT2D eigenvalue weighted by molar-refractivity contribution is 0.626. The monoisotopic (exact) mass is 333 g/mol. The Hall–Kier alpha value is -3.21. The second kappa shape index (κ2) is 5.70. The summed E-state index contributed by atoms with van der Waals surface area (Å²) < 4.78 is 16.6. The predicted molar refractivity (Wildman–Crippen MR) is 95.7 cm³/mol. The lowest BCUT2D eigenvalue weighted by atomic mass is 10.1. The quantitative estimate of drug-likeness (QED) is 0.558. The molecule has 0 aliphatic heterocycles. The van der Waals surface area contributed by atoms with Gasteiger partial charge in [-0.15, -0.1) is 0 Å². The number of aryl methyl sites for hydroxylation is 2. The Labute approximate surface area is 143 Å². The van der Waals surface area contributed by atoms with E-state index in [4.69, 9.17) is 0 Å². The summed E-state index contributed by atoms with van der Waals surface area (Å²) in [6.45, 7) is 4.10. The number of fused-ring (bicyclic) bond motifs is 1. The second-order valence-corrected chi connectivity index (χ2v) is 6.11. The van der Waals surface area contributed by atoms with Gasteiger partial charge in [0.1, 0.15) is 5.82 Å². The molecule has 0 fully saturated rings. The minimum Gasteiger partial charge on any atom is -0.300 e. The van der Waals surface area contributed by atoms with Crippen molar-refractivity contribution in [2.45, 2.75) is 13.8 Å². The van der Waals surface area contributed by atoms with E-state index in [1.807, 2.05) is 25.3 Å². The van der Waals surface area contributed by atoms with Gasteiger partial charge in [-0.05, 0) is 49.2 Å². The van der Waals surface area contributed by atoms with E-state index in [1.54, 1.807) is 28.9 Å². The Morgan fingerprint density at radius 1 is 1.00 bits per heavy atom. The molecule has 0 bridgehead atoms. The number of halogens is 1. The molecule has 0 atom stereocenters. The van der Waals surface area contributed by atoms with Gasteiger partial charge in [-0.3, -0.25) is 9.36 Å². The van der Waals surface area contributed by atoms with Crippen LogP contribution in [0.1, 0.15) is 11.1 Å². The first-order valence-corrected chi connectivity index (χ1v) is 7.97. The van der Waals surface area contributed by atoms with E-state index in [0.717, 1.165) is 11.3 Å². The Kier molecular flexibility index (Phi) is 3.50. The molecule has 0 aliphatic rings. The van der Waals surface area contributed by atoms with Crippen molar-refractivity contribution < 1.29 is 4.39 Å². The molecule has 5 heteroatoms. The second-order valence-electron chi connectivity index (χ2n) is 6.11. The largest absolute Gasteiger partial charge is 0.300 e. The number of rotatable bonds is 2. The van der Waals surface area contributed by atoms with Crippen molar-refractivity contribution in [2.75, 3.05) is 0 Å². The van der Waals surface area contributed by atoms with E-state index in [1.165, 1.54) is 27.8 Å². The number of benzene rings is 2. The van der Waals surface area contributed by atoms with Crippen LogP contribution in [-0.2, 0) is 0 Å². The maximum absolute atomic E-state index is 13.5. The molecular formula is C20H16FN3O. The van der Waals surface area contributed by atoms with Crippen molar-refractivity contribution in [2.24, 2.45) is 0 Å². The zero-order valence-corrected chi connectivity index (χ0v) is 13.9. The average Bonchev–Trinajstić information content (AvgIpc) is 3.03. The summed E-state index contributed by atoms with van der Waals surface area (Å²) >= 11 is 0. The minimum atomic E-state index is -0.386. The van der Waals surface area contributed by atoms with Crippen molar-refractivity contribution in [3.8, 4) is 16.9 Å².